The summed E-state index contributed by atoms with van der Waals surface area (Å²) in [6.07, 6.45) is 0.0900. The third kappa shape index (κ3) is 2.99. The van der Waals surface area contributed by atoms with Gasteiger partial charge < -0.3 is 10.2 Å². The van der Waals surface area contributed by atoms with Gasteiger partial charge in [0.05, 0.1) is 6.10 Å². The van der Waals surface area contributed by atoms with E-state index in [9.17, 15) is 0 Å². The van der Waals surface area contributed by atoms with Crippen molar-refractivity contribution in [2.45, 2.75) is 19.4 Å². The van der Waals surface area contributed by atoms with Gasteiger partial charge in [0.1, 0.15) is 0 Å². The van der Waals surface area contributed by atoms with Crippen LogP contribution in [0, 0.1) is 12.8 Å². The zero-order chi connectivity index (χ0) is 6.57. The summed E-state index contributed by atoms with van der Waals surface area (Å²) >= 11 is 0. The van der Waals surface area contributed by atoms with E-state index >= 15 is 0 Å². The number of rotatable bonds is 3. The van der Waals surface area contributed by atoms with Crippen LogP contribution < -0.4 is 0 Å². The van der Waals surface area contributed by atoms with Crippen molar-refractivity contribution in [3.05, 3.63) is 6.92 Å². The van der Waals surface area contributed by atoms with E-state index in [1.807, 2.05) is 6.92 Å². The lowest BCUT2D eigenvalue weighted by Crippen LogP contribution is -2.14. The molecule has 0 spiro atoms. The van der Waals surface area contributed by atoms with E-state index in [1.165, 1.54) is 0 Å². The van der Waals surface area contributed by atoms with E-state index in [0.717, 1.165) is 0 Å². The first-order valence-corrected chi connectivity index (χ1v) is 2.80. The molecule has 0 aromatic rings. The Morgan fingerprint density at radius 2 is 2.12 bits per heavy atom. The molecule has 0 aromatic heterocycles. The maximum Gasteiger partial charge on any atom is 0.0567 e. The van der Waals surface area contributed by atoms with Gasteiger partial charge in [-0.15, -0.1) is 0 Å². The third-order valence-electron chi connectivity index (χ3n) is 1.24. The predicted molar refractivity (Wildman–Crippen MR) is 32.2 cm³/mol. The molecule has 8 heavy (non-hydrogen) atoms. The highest BCUT2D eigenvalue weighted by atomic mass is 16.3. The Labute approximate surface area is 50.2 Å². The van der Waals surface area contributed by atoms with Gasteiger partial charge in [0.2, 0.25) is 0 Å². The van der Waals surface area contributed by atoms with Crippen molar-refractivity contribution in [2.75, 3.05) is 6.61 Å². The normalized spacial score (nSPS) is 18.0. The summed E-state index contributed by atoms with van der Waals surface area (Å²) in [7, 11) is 0. The van der Waals surface area contributed by atoms with Crippen molar-refractivity contribution in [1.29, 1.82) is 0 Å². The molecule has 0 saturated heterocycles. The Kier molecular flexibility index (Phi) is 3.83. The smallest absolute Gasteiger partial charge is 0.0567 e. The molecular formula is C6H13O2. The SMILES string of the molecule is [CH2]C(O)C(C)CCO. The van der Waals surface area contributed by atoms with Crippen LogP contribution in [0.5, 0.6) is 0 Å². The molecule has 2 atom stereocenters. The van der Waals surface area contributed by atoms with Gasteiger partial charge in [-0.05, 0) is 19.3 Å². The van der Waals surface area contributed by atoms with Gasteiger partial charge in [0.25, 0.3) is 0 Å². The minimum absolute atomic E-state index is 0.111. The van der Waals surface area contributed by atoms with Gasteiger partial charge >= 0.3 is 0 Å². The van der Waals surface area contributed by atoms with Crippen LogP contribution >= 0.6 is 0 Å². The van der Waals surface area contributed by atoms with Crippen molar-refractivity contribution >= 4 is 0 Å². The fraction of sp³-hybridized carbons (Fsp3) is 0.833. The van der Waals surface area contributed by atoms with Crippen LogP contribution in [0.3, 0.4) is 0 Å². The van der Waals surface area contributed by atoms with E-state index in [0.29, 0.717) is 6.42 Å². The van der Waals surface area contributed by atoms with Crippen molar-refractivity contribution in [2.24, 2.45) is 5.92 Å². The van der Waals surface area contributed by atoms with Gasteiger partial charge in [-0.3, -0.25) is 0 Å². The summed E-state index contributed by atoms with van der Waals surface area (Å²) in [5.74, 6) is 0.111. The van der Waals surface area contributed by atoms with Gasteiger partial charge in [0.15, 0.2) is 0 Å². The average molecular weight is 117 g/mol. The van der Waals surface area contributed by atoms with Crippen molar-refractivity contribution in [1.82, 2.24) is 0 Å². The maximum atomic E-state index is 8.73. The largest absolute Gasteiger partial charge is 0.396 e. The Morgan fingerprint density at radius 1 is 1.62 bits per heavy atom. The molecule has 0 bridgehead atoms. The zero-order valence-corrected chi connectivity index (χ0v) is 5.17. The minimum atomic E-state index is -0.540. The first-order valence-electron chi connectivity index (χ1n) is 2.80. The lowest BCUT2D eigenvalue weighted by atomic mass is 10.0. The molecule has 0 aliphatic carbocycles. The summed E-state index contributed by atoms with van der Waals surface area (Å²) in [5.41, 5.74) is 0. The molecule has 2 N–H and O–H groups in total. The zero-order valence-electron chi connectivity index (χ0n) is 5.17. The number of aliphatic hydroxyl groups is 2. The molecule has 0 saturated carbocycles. The summed E-state index contributed by atoms with van der Waals surface area (Å²) in [4.78, 5) is 0. The topological polar surface area (TPSA) is 40.5 Å². The highest BCUT2D eigenvalue weighted by Crippen LogP contribution is 2.04. The lowest BCUT2D eigenvalue weighted by Gasteiger charge is -2.11. The average Bonchev–Trinajstić information content (AvgIpc) is 1.67. The number of hydrogen-bond donors (Lipinski definition) is 2. The quantitative estimate of drug-likeness (QED) is 0.554. The van der Waals surface area contributed by atoms with E-state index in [-0.39, 0.29) is 12.5 Å². The monoisotopic (exact) mass is 117 g/mol. The van der Waals surface area contributed by atoms with Crippen molar-refractivity contribution in [3.8, 4) is 0 Å². The molecule has 2 nitrogen and oxygen atoms in total. The fourth-order valence-corrected chi connectivity index (χ4v) is 0.396. The van der Waals surface area contributed by atoms with Gasteiger partial charge in [-0.1, -0.05) is 6.92 Å². The molecule has 0 fully saturated rings. The van der Waals surface area contributed by atoms with E-state index in [4.69, 9.17) is 10.2 Å². The third-order valence-corrected chi connectivity index (χ3v) is 1.24. The Balaban J connectivity index is 3.17. The molecule has 0 aliphatic heterocycles. The molecule has 0 rings (SSSR count). The molecule has 2 heteroatoms. The summed E-state index contributed by atoms with van der Waals surface area (Å²) in [6.45, 7) is 5.39. The minimum Gasteiger partial charge on any atom is -0.396 e. The Bertz CT molecular complexity index is 52.5. The highest BCUT2D eigenvalue weighted by molar-refractivity contribution is 4.64. The maximum absolute atomic E-state index is 8.73. The summed E-state index contributed by atoms with van der Waals surface area (Å²) in [6, 6.07) is 0. The van der Waals surface area contributed by atoms with E-state index in [2.05, 4.69) is 6.92 Å². The molecule has 0 aliphatic rings. The Hall–Kier alpha value is -0.0800. The molecule has 0 amide bonds. The van der Waals surface area contributed by atoms with Gasteiger partial charge in [-0.25, -0.2) is 0 Å². The number of aliphatic hydroxyl groups excluding tert-OH is 2. The fourth-order valence-electron chi connectivity index (χ4n) is 0.396. The number of hydrogen-bond acceptors (Lipinski definition) is 2. The van der Waals surface area contributed by atoms with Crippen LogP contribution in [0.25, 0.3) is 0 Å². The second kappa shape index (κ2) is 3.87. The highest BCUT2D eigenvalue weighted by Gasteiger charge is 2.06. The second-order valence-corrected chi connectivity index (χ2v) is 2.06. The van der Waals surface area contributed by atoms with Crippen LogP contribution in [0.1, 0.15) is 13.3 Å². The predicted octanol–water partition coefficient (Wildman–Crippen LogP) is 0.200. The first kappa shape index (κ1) is 7.92. The first-order chi connectivity index (χ1) is 3.68. The molecule has 0 aromatic carbocycles. The van der Waals surface area contributed by atoms with Crippen LogP contribution in [0.15, 0.2) is 0 Å². The second-order valence-electron chi connectivity index (χ2n) is 2.06. The standard InChI is InChI=1S/C6H13O2/c1-5(3-4-7)6(2)8/h5-8H,2-4H2,1H3. The van der Waals surface area contributed by atoms with Crippen molar-refractivity contribution in [3.63, 3.8) is 0 Å². The van der Waals surface area contributed by atoms with Crippen LogP contribution in [0.2, 0.25) is 0 Å². The molecule has 49 valence electrons. The Morgan fingerprint density at radius 3 is 2.25 bits per heavy atom. The van der Waals surface area contributed by atoms with Crippen LogP contribution in [0.4, 0.5) is 0 Å². The molecule has 1 radical (unpaired) electrons. The van der Waals surface area contributed by atoms with E-state index < -0.39 is 6.10 Å². The molecular weight excluding hydrogens is 104 g/mol. The van der Waals surface area contributed by atoms with Crippen LogP contribution in [-0.2, 0) is 0 Å². The summed E-state index contributed by atoms with van der Waals surface area (Å²) < 4.78 is 0. The molecule has 0 heterocycles. The summed E-state index contributed by atoms with van der Waals surface area (Å²) in [5, 5.41) is 17.1. The molecule has 2 unspecified atom stereocenters. The van der Waals surface area contributed by atoms with Gasteiger partial charge in [-0.2, -0.15) is 0 Å². The van der Waals surface area contributed by atoms with E-state index in [1.54, 1.807) is 0 Å². The van der Waals surface area contributed by atoms with Crippen LogP contribution in [-0.4, -0.2) is 22.9 Å². The lowest BCUT2D eigenvalue weighted by molar-refractivity contribution is 0.135. The van der Waals surface area contributed by atoms with Crippen molar-refractivity contribution < 1.29 is 10.2 Å². The van der Waals surface area contributed by atoms with Gasteiger partial charge in [0, 0.05) is 6.61 Å².